The quantitative estimate of drug-likeness (QED) is 0.653. The van der Waals surface area contributed by atoms with Gasteiger partial charge in [0.25, 0.3) is 11.6 Å². The second-order valence-electron chi connectivity index (χ2n) is 3.51. The van der Waals surface area contributed by atoms with Crippen LogP contribution in [0, 0.1) is 10.1 Å². The molecule has 0 spiro atoms. The number of nitro groups is 1. The van der Waals surface area contributed by atoms with E-state index in [-0.39, 0.29) is 11.4 Å². The van der Waals surface area contributed by atoms with Gasteiger partial charge in [0.1, 0.15) is 5.69 Å². The molecule has 1 aromatic heterocycles. The molecule has 0 unspecified atom stereocenters. The Morgan fingerprint density at radius 3 is 2.74 bits per heavy atom. The Hall–Kier alpha value is -1.44. The average Bonchev–Trinajstić information content (AvgIpc) is 2.75. The Bertz CT molecular complexity index is 659. The van der Waals surface area contributed by atoms with Crippen molar-refractivity contribution in [2.45, 2.75) is 0 Å². The van der Waals surface area contributed by atoms with Crippen LogP contribution in [-0.4, -0.2) is 10.8 Å². The molecule has 0 aliphatic rings. The van der Waals surface area contributed by atoms with Crippen molar-refractivity contribution in [3.8, 4) is 0 Å². The van der Waals surface area contributed by atoms with E-state index in [9.17, 15) is 14.9 Å². The predicted octanol–water partition coefficient (Wildman–Crippen LogP) is 4.32. The Morgan fingerprint density at radius 1 is 1.42 bits per heavy atom. The fourth-order valence-corrected chi connectivity index (χ4v) is 2.70. The number of benzene rings is 1. The molecule has 98 valence electrons. The van der Waals surface area contributed by atoms with E-state index in [1.807, 2.05) is 0 Å². The molecule has 0 fully saturated rings. The highest BCUT2D eigenvalue weighted by atomic mass is 79.9. The Kier molecular flexibility index (Phi) is 4.18. The Labute approximate surface area is 125 Å². The van der Waals surface area contributed by atoms with Crippen molar-refractivity contribution >= 4 is 56.1 Å². The molecular weight excluding hydrogens is 356 g/mol. The van der Waals surface area contributed by atoms with Gasteiger partial charge in [0.05, 0.1) is 14.3 Å². The van der Waals surface area contributed by atoms with Gasteiger partial charge in [-0.05, 0) is 34.1 Å². The van der Waals surface area contributed by atoms with Gasteiger partial charge in [-0.3, -0.25) is 14.9 Å². The molecule has 0 aliphatic heterocycles. The normalized spacial score (nSPS) is 10.2. The molecule has 1 N–H and O–H groups in total. The average molecular weight is 362 g/mol. The van der Waals surface area contributed by atoms with Crippen LogP contribution in [0.1, 0.15) is 10.4 Å². The molecular formula is C11H6BrClN2O3S. The number of thiophene rings is 1. The summed E-state index contributed by atoms with van der Waals surface area (Å²) in [5.41, 5.74) is 0.294. The van der Waals surface area contributed by atoms with Crippen LogP contribution in [0.4, 0.5) is 11.4 Å². The first-order valence-corrected chi connectivity index (χ1v) is 7.02. The molecule has 1 amide bonds. The first kappa shape index (κ1) is 14.0. The summed E-state index contributed by atoms with van der Waals surface area (Å²) in [7, 11) is 0. The summed E-state index contributed by atoms with van der Waals surface area (Å²) in [6.07, 6.45) is 0. The summed E-state index contributed by atoms with van der Waals surface area (Å²) < 4.78 is 0.804. The summed E-state index contributed by atoms with van der Waals surface area (Å²) in [4.78, 5) is 22.2. The highest BCUT2D eigenvalue weighted by Crippen LogP contribution is 2.29. The zero-order valence-corrected chi connectivity index (χ0v) is 12.4. The van der Waals surface area contributed by atoms with E-state index in [4.69, 9.17) is 11.6 Å². The van der Waals surface area contributed by atoms with Gasteiger partial charge in [0.15, 0.2) is 0 Å². The number of hydrogen-bond acceptors (Lipinski definition) is 4. The van der Waals surface area contributed by atoms with Gasteiger partial charge < -0.3 is 5.32 Å². The molecule has 1 heterocycles. The van der Waals surface area contributed by atoms with Crippen LogP contribution in [0.15, 0.2) is 33.4 Å². The summed E-state index contributed by atoms with van der Waals surface area (Å²) in [6, 6.07) is 5.63. The van der Waals surface area contributed by atoms with E-state index >= 15 is 0 Å². The molecule has 0 radical (unpaired) electrons. The first-order chi connectivity index (χ1) is 8.97. The van der Waals surface area contributed by atoms with Crippen LogP contribution in [-0.2, 0) is 0 Å². The van der Waals surface area contributed by atoms with Crippen molar-refractivity contribution in [2.75, 3.05) is 5.32 Å². The number of carbonyl (C=O) groups excluding carboxylic acids is 1. The fourth-order valence-electron chi connectivity index (χ4n) is 1.39. The summed E-state index contributed by atoms with van der Waals surface area (Å²) in [5.74, 6) is -0.424. The van der Waals surface area contributed by atoms with Gasteiger partial charge in [-0.2, -0.15) is 0 Å². The standard InChI is InChI=1S/C11H6BrClN2O3S/c12-10-3-6(5-19-10)11(16)14-8-4-7(13)1-2-9(8)15(17)18/h1-5H,(H,14,16). The van der Waals surface area contributed by atoms with Crippen molar-refractivity contribution in [3.63, 3.8) is 0 Å². The van der Waals surface area contributed by atoms with Crippen LogP contribution >= 0.6 is 38.9 Å². The Balaban J connectivity index is 2.30. The zero-order valence-electron chi connectivity index (χ0n) is 9.22. The number of rotatable bonds is 3. The second-order valence-corrected chi connectivity index (χ2v) is 6.24. The lowest BCUT2D eigenvalue weighted by atomic mass is 10.2. The van der Waals surface area contributed by atoms with Gasteiger partial charge in [0, 0.05) is 16.5 Å². The highest BCUT2D eigenvalue weighted by Gasteiger charge is 2.17. The van der Waals surface area contributed by atoms with E-state index in [0.29, 0.717) is 10.6 Å². The topological polar surface area (TPSA) is 72.2 Å². The molecule has 8 heteroatoms. The maximum atomic E-state index is 11.9. The predicted molar refractivity (Wildman–Crippen MR) is 78.1 cm³/mol. The van der Waals surface area contributed by atoms with Crippen molar-refractivity contribution in [1.82, 2.24) is 0 Å². The lowest BCUT2D eigenvalue weighted by Crippen LogP contribution is -2.12. The number of nitrogens with one attached hydrogen (secondary N) is 1. The van der Waals surface area contributed by atoms with E-state index < -0.39 is 10.8 Å². The molecule has 5 nitrogen and oxygen atoms in total. The van der Waals surface area contributed by atoms with Crippen LogP contribution < -0.4 is 5.32 Å². The molecule has 2 aromatic rings. The zero-order chi connectivity index (χ0) is 14.0. The molecule has 2 rings (SSSR count). The minimum atomic E-state index is -0.574. The molecule has 1 aromatic carbocycles. The third-order valence-corrected chi connectivity index (χ3v) is 3.97. The van der Waals surface area contributed by atoms with Crippen LogP contribution in [0.5, 0.6) is 0 Å². The van der Waals surface area contributed by atoms with Gasteiger partial charge in [-0.15, -0.1) is 11.3 Å². The van der Waals surface area contributed by atoms with Crippen LogP contribution in [0.25, 0.3) is 0 Å². The molecule has 0 saturated heterocycles. The lowest BCUT2D eigenvalue weighted by Gasteiger charge is -2.05. The molecule has 0 bridgehead atoms. The monoisotopic (exact) mass is 360 g/mol. The van der Waals surface area contributed by atoms with Crippen molar-refractivity contribution in [2.24, 2.45) is 0 Å². The largest absolute Gasteiger partial charge is 0.316 e. The van der Waals surface area contributed by atoms with Gasteiger partial charge >= 0.3 is 0 Å². The Morgan fingerprint density at radius 2 is 2.16 bits per heavy atom. The van der Waals surface area contributed by atoms with Gasteiger partial charge in [-0.25, -0.2) is 0 Å². The number of nitrogens with zero attached hydrogens (tertiary/aromatic N) is 1. The summed E-state index contributed by atoms with van der Waals surface area (Å²) >= 11 is 10.4. The molecule has 19 heavy (non-hydrogen) atoms. The van der Waals surface area contributed by atoms with E-state index in [0.717, 1.165) is 3.79 Å². The number of anilines is 1. The molecule has 0 saturated carbocycles. The minimum absolute atomic E-state index is 0.0739. The van der Waals surface area contributed by atoms with E-state index in [2.05, 4.69) is 21.2 Å². The second kappa shape index (κ2) is 5.68. The van der Waals surface area contributed by atoms with E-state index in [1.54, 1.807) is 11.4 Å². The number of nitro benzene ring substituents is 1. The smallest absolute Gasteiger partial charge is 0.292 e. The number of halogens is 2. The number of carbonyl (C=O) groups is 1. The fraction of sp³-hybridized carbons (Fsp3) is 0. The third-order valence-electron chi connectivity index (χ3n) is 2.23. The maximum absolute atomic E-state index is 11.9. The molecule has 0 aliphatic carbocycles. The van der Waals surface area contributed by atoms with Gasteiger partial charge in [-0.1, -0.05) is 11.6 Å². The maximum Gasteiger partial charge on any atom is 0.292 e. The van der Waals surface area contributed by atoms with Gasteiger partial charge in [0.2, 0.25) is 0 Å². The van der Waals surface area contributed by atoms with Crippen LogP contribution in [0.2, 0.25) is 5.02 Å². The SMILES string of the molecule is O=C(Nc1cc(Cl)ccc1[N+](=O)[O-])c1csc(Br)c1. The number of amides is 1. The summed E-state index contributed by atoms with van der Waals surface area (Å²) in [5, 5.41) is 15.3. The highest BCUT2D eigenvalue weighted by molar-refractivity contribution is 9.11. The lowest BCUT2D eigenvalue weighted by molar-refractivity contribution is -0.383. The summed E-state index contributed by atoms with van der Waals surface area (Å²) in [6.45, 7) is 0. The van der Waals surface area contributed by atoms with Crippen molar-refractivity contribution in [1.29, 1.82) is 0 Å². The van der Waals surface area contributed by atoms with E-state index in [1.165, 1.54) is 29.5 Å². The van der Waals surface area contributed by atoms with Crippen molar-refractivity contribution < 1.29 is 9.72 Å². The minimum Gasteiger partial charge on any atom is -0.316 e. The first-order valence-electron chi connectivity index (χ1n) is 4.96. The molecule has 0 atom stereocenters. The van der Waals surface area contributed by atoms with Crippen LogP contribution in [0.3, 0.4) is 0 Å². The number of hydrogen-bond donors (Lipinski definition) is 1. The van der Waals surface area contributed by atoms with Crippen molar-refractivity contribution in [3.05, 3.63) is 54.1 Å². The third kappa shape index (κ3) is 3.31.